The fourth-order valence-corrected chi connectivity index (χ4v) is 1.97. The molecule has 0 fully saturated rings. The highest BCUT2D eigenvalue weighted by Crippen LogP contribution is 2.28. The monoisotopic (exact) mass is 326 g/mol. The van der Waals surface area contributed by atoms with Crippen molar-refractivity contribution in [1.82, 2.24) is 0 Å². The molecule has 0 amide bonds. The number of rotatable bonds is 8. The molecule has 0 unspecified atom stereocenters. The molecule has 0 aromatic heterocycles. The molecule has 0 radical (unpaired) electrons. The molecular weight excluding hydrogens is 292 g/mol. The van der Waals surface area contributed by atoms with Crippen LogP contribution in [0.5, 0.6) is 0 Å². The lowest BCUT2D eigenvalue weighted by Crippen LogP contribution is -2.22. The number of esters is 2. The van der Waals surface area contributed by atoms with Crippen LogP contribution >= 0.6 is 0 Å². The van der Waals surface area contributed by atoms with Crippen molar-refractivity contribution in [2.24, 2.45) is 17.3 Å². The van der Waals surface area contributed by atoms with Crippen LogP contribution in [0.4, 0.5) is 0 Å². The average molecular weight is 326 g/mol. The Kier molecular flexibility index (Phi) is 9.18. The molecule has 0 bridgehead atoms. The minimum Gasteiger partial charge on any atom is -0.462 e. The Labute approximate surface area is 141 Å². The van der Waals surface area contributed by atoms with Gasteiger partial charge in [0.2, 0.25) is 0 Å². The van der Waals surface area contributed by atoms with Gasteiger partial charge in [0.25, 0.3) is 0 Å². The van der Waals surface area contributed by atoms with Crippen molar-refractivity contribution in [2.75, 3.05) is 13.2 Å². The summed E-state index contributed by atoms with van der Waals surface area (Å²) in [6, 6.07) is 0. The van der Waals surface area contributed by atoms with E-state index in [0.717, 1.165) is 0 Å². The van der Waals surface area contributed by atoms with Gasteiger partial charge in [0.05, 0.1) is 13.2 Å². The van der Waals surface area contributed by atoms with Crippen LogP contribution < -0.4 is 0 Å². The van der Waals surface area contributed by atoms with E-state index >= 15 is 0 Å². The number of hydrogen-bond acceptors (Lipinski definition) is 4. The molecule has 0 saturated carbocycles. The fourth-order valence-electron chi connectivity index (χ4n) is 1.97. The highest BCUT2D eigenvalue weighted by Gasteiger charge is 2.26. The predicted octanol–water partition coefficient (Wildman–Crippen LogP) is 4.53. The summed E-state index contributed by atoms with van der Waals surface area (Å²) in [7, 11) is 0. The Balaban J connectivity index is 5.45. The molecule has 0 atom stereocenters. The topological polar surface area (TPSA) is 52.6 Å². The third-order valence-electron chi connectivity index (χ3n) is 3.01. The highest BCUT2D eigenvalue weighted by molar-refractivity contribution is 6.00. The van der Waals surface area contributed by atoms with E-state index in [0.29, 0.717) is 37.2 Å². The van der Waals surface area contributed by atoms with E-state index in [2.05, 4.69) is 0 Å². The zero-order valence-electron chi connectivity index (χ0n) is 16.1. The van der Waals surface area contributed by atoms with Gasteiger partial charge in [0.1, 0.15) is 0 Å². The molecule has 134 valence electrons. The van der Waals surface area contributed by atoms with Crippen molar-refractivity contribution in [3.8, 4) is 0 Å². The van der Waals surface area contributed by atoms with E-state index in [1.807, 2.05) is 55.4 Å². The second kappa shape index (κ2) is 9.74. The number of hydrogen-bond donors (Lipinski definition) is 0. The maximum Gasteiger partial charge on any atom is 0.334 e. The van der Waals surface area contributed by atoms with Gasteiger partial charge in [-0.05, 0) is 30.1 Å². The minimum absolute atomic E-state index is 0.120. The second-order valence-electron chi connectivity index (χ2n) is 8.03. The van der Waals surface area contributed by atoms with E-state index in [9.17, 15) is 9.59 Å². The Bertz CT molecular complexity index is 425. The van der Waals surface area contributed by atoms with Crippen LogP contribution in [0.3, 0.4) is 0 Å². The van der Waals surface area contributed by atoms with Crippen LogP contribution in [-0.2, 0) is 19.1 Å². The Hall–Kier alpha value is -1.32. The van der Waals surface area contributed by atoms with Crippen molar-refractivity contribution in [2.45, 2.75) is 68.2 Å². The van der Waals surface area contributed by atoms with Gasteiger partial charge >= 0.3 is 11.9 Å². The SMILES string of the molecule is CC/C(C(=O)OCC(C)C)=C(\CC(C)(C)C)C(=O)OCC(C)C. The standard InChI is InChI=1S/C19H34O4/c1-9-15(17(20)22-11-13(2)3)16(10-19(6,7)8)18(21)23-12-14(4)5/h13-14H,9-12H2,1-8H3/b16-15-. The molecule has 0 aromatic rings. The van der Waals surface area contributed by atoms with Crippen LogP contribution in [-0.4, -0.2) is 25.2 Å². The summed E-state index contributed by atoms with van der Waals surface area (Å²) in [4.78, 5) is 24.8. The van der Waals surface area contributed by atoms with E-state index < -0.39 is 11.9 Å². The Morgan fingerprint density at radius 3 is 1.52 bits per heavy atom. The minimum atomic E-state index is -0.401. The number of ether oxygens (including phenoxy) is 2. The Morgan fingerprint density at radius 1 is 0.826 bits per heavy atom. The van der Waals surface area contributed by atoms with Gasteiger partial charge in [0.15, 0.2) is 0 Å². The predicted molar refractivity (Wildman–Crippen MR) is 93.0 cm³/mol. The van der Waals surface area contributed by atoms with Crippen LogP contribution in [0.1, 0.15) is 68.2 Å². The summed E-state index contributed by atoms with van der Waals surface area (Å²) in [6.07, 6.45) is 0.947. The lowest BCUT2D eigenvalue weighted by atomic mass is 9.85. The van der Waals surface area contributed by atoms with E-state index in [-0.39, 0.29) is 17.3 Å². The first-order valence-electron chi connectivity index (χ1n) is 8.54. The lowest BCUT2D eigenvalue weighted by Gasteiger charge is -2.22. The maximum atomic E-state index is 12.5. The van der Waals surface area contributed by atoms with Crippen LogP contribution in [0.25, 0.3) is 0 Å². The van der Waals surface area contributed by atoms with Crippen molar-refractivity contribution < 1.29 is 19.1 Å². The summed E-state index contributed by atoms with van der Waals surface area (Å²) in [6.45, 7) is 16.6. The molecule has 0 rings (SSSR count). The molecule has 0 N–H and O–H groups in total. The van der Waals surface area contributed by atoms with E-state index in [1.54, 1.807) is 0 Å². The summed E-state index contributed by atoms with van der Waals surface area (Å²) in [5.41, 5.74) is 0.772. The first-order chi connectivity index (χ1) is 10.5. The molecule has 0 spiro atoms. The van der Waals surface area contributed by atoms with Gasteiger partial charge in [-0.2, -0.15) is 0 Å². The van der Waals surface area contributed by atoms with Gasteiger partial charge < -0.3 is 9.47 Å². The molecule has 0 heterocycles. The largest absolute Gasteiger partial charge is 0.462 e. The summed E-state index contributed by atoms with van der Waals surface area (Å²) < 4.78 is 10.7. The molecule has 23 heavy (non-hydrogen) atoms. The normalized spacial score (nSPS) is 13.1. The van der Waals surface area contributed by atoms with Gasteiger partial charge in [-0.3, -0.25) is 0 Å². The van der Waals surface area contributed by atoms with Crippen LogP contribution in [0, 0.1) is 17.3 Å². The van der Waals surface area contributed by atoms with Gasteiger partial charge in [-0.25, -0.2) is 9.59 Å². The molecular formula is C19H34O4. The van der Waals surface area contributed by atoms with Crippen molar-refractivity contribution in [3.05, 3.63) is 11.1 Å². The van der Waals surface area contributed by atoms with E-state index in [4.69, 9.17) is 9.47 Å². The van der Waals surface area contributed by atoms with Gasteiger partial charge in [-0.15, -0.1) is 0 Å². The molecule has 4 nitrogen and oxygen atoms in total. The smallest absolute Gasteiger partial charge is 0.334 e. The van der Waals surface area contributed by atoms with Crippen LogP contribution in [0.15, 0.2) is 11.1 Å². The van der Waals surface area contributed by atoms with E-state index in [1.165, 1.54) is 0 Å². The molecule has 0 saturated heterocycles. The maximum absolute atomic E-state index is 12.5. The fraction of sp³-hybridized carbons (Fsp3) is 0.789. The number of carbonyl (C=O) groups excluding carboxylic acids is 2. The highest BCUT2D eigenvalue weighted by atomic mass is 16.5. The third-order valence-corrected chi connectivity index (χ3v) is 3.01. The van der Waals surface area contributed by atoms with Crippen molar-refractivity contribution >= 4 is 11.9 Å². The number of carbonyl (C=O) groups is 2. The zero-order valence-corrected chi connectivity index (χ0v) is 16.1. The van der Waals surface area contributed by atoms with Crippen LogP contribution in [0.2, 0.25) is 0 Å². The van der Waals surface area contributed by atoms with Crippen molar-refractivity contribution in [3.63, 3.8) is 0 Å². The molecule has 0 aromatic carbocycles. The molecule has 0 aliphatic heterocycles. The lowest BCUT2D eigenvalue weighted by molar-refractivity contribution is -0.143. The Morgan fingerprint density at radius 2 is 1.22 bits per heavy atom. The molecule has 4 heteroatoms. The average Bonchev–Trinajstić information content (AvgIpc) is 2.40. The first kappa shape index (κ1) is 21.7. The second-order valence-corrected chi connectivity index (χ2v) is 8.03. The molecule has 0 aliphatic carbocycles. The van der Waals surface area contributed by atoms with Gasteiger partial charge in [-0.1, -0.05) is 55.4 Å². The van der Waals surface area contributed by atoms with Crippen molar-refractivity contribution in [1.29, 1.82) is 0 Å². The quantitative estimate of drug-likeness (QED) is 0.486. The zero-order chi connectivity index (χ0) is 18.2. The summed E-state index contributed by atoms with van der Waals surface area (Å²) in [5, 5.41) is 0. The first-order valence-corrected chi connectivity index (χ1v) is 8.54. The molecule has 0 aliphatic rings. The summed E-state index contributed by atoms with van der Waals surface area (Å²) >= 11 is 0. The third kappa shape index (κ3) is 9.42. The van der Waals surface area contributed by atoms with Gasteiger partial charge in [0, 0.05) is 11.1 Å². The summed E-state index contributed by atoms with van der Waals surface area (Å²) in [5.74, 6) is -0.280.